The molecule has 0 aliphatic heterocycles. The van der Waals surface area contributed by atoms with Crippen molar-refractivity contribution in [3.05, 3.63) is 59.9 Å². The average molecular weight is 172 g/mol. The van der Waals surface area contributed by atoms with E-state index in [0.717, 1.165) is 6.42 Å². The summed E-state index contributed by atoms with van der Waals surface area (Å²) in [4.78, 5) is 0. The normalized spacial score (nSPS) is 21.2. The smallest absolute Gasteiger partial charge is 0.111 e. The zero-order valence-electron chi connectivity index (χ0n) is 7.35. The van der Waals surface area contributed by atoms with Gasteiger partial charge in [0.25, 0.3) is 0 Å². The van der Waals surface area contributed by atoms with Crippen LogP contribution < -0.4 is 0 Å². The Labute approximate surface area is 78.0 Å². The minimum atomic E-state index is 0.339. The van der Waals surface area contributed by atoms with Gasteiger partial charge in [-0.3, -0.25) is 0 Å². The van der Waals surface area contributed by atoms with Gasteiger partial charge in [0, 0.05) is 5.92 Å². The Morgan fingerprint density at radius 3 is 2.62 bits per heavy atom. The molecule has 0 heterocycles. The summed E-state index contributed by atoms with van der Waals surface area (Å²) in [5.41, 5.74) is 1.26. The zero-order valence-corrected chi connectivity index (χ0v) is 7.35. The van der Waals surface area contributed by atoms with Crippen LogP contribution in [0.1, 0.15) is 17.9 Å². The van der Waals surface area contributed by atoms with Crippen molar-refractivity contribution >= 4 is 0 Å². The fourth-order valence-electron chi connectivity index (χ4n) is 1.60. The first-order chi connectivity index (χ1) is 6.36. The van der Waals surface area contributed by atoms with Gasteiger partial charge in [0.1, 0.15) is 5.76 Å². The lowest BCUT2D eigenvalue weighted by Crippen LogP contribution is -1.98. The van der Waals surface area contributed by atoms with Crippen LogP contribution in [0, 0.1) is 0 Å². The first-order valence-electron chi connectivity index (χ1n) is 4.48. The summed E-state index contributed by atoms with van der Waals surface area (Å²) >= 11 is 0. The van der Waals surface area contributed by atoms with Crippen LogP contribution in [0.3, 0.4) is 0 Å². The molecule has 13 heavy (non-hydrogen) atoms. The maximum absolute atomic E-state index is 9.32. The highest BCUT2D eigenvalue weighted by Gasteiger charge is 2.10. The molecule has 0 spiro atoms. The zero-order chi connectivity index (χ0) is 9.10. The summed E-state index contributed by atoms with van der Waals surface area (Å²) in [5.74, 6) is 0.714. The van der Waals surface area contributed by atoms with E-state index in [4.69, 9.17) is 0 Å². The van der Waals surface area contributed by atoms with Gasteiger partial charge in [0.15, 0.2) is 0 Å². The molecule has 0 saturated heterocycles. The largest absolute Gasteiger partial charge is 0.508 e. The molecular formula is C12H12O. The second-order valence-corrected chi connectivity index (χ2v) is 3.25. The first kappa shape index (κ1) is 8.11. The van der Waals surface area contributed by atoms with E-state index in [-0.39, 0.29) is 0 Å². The van der Waals surface area contributed by atoms with Crippen LogP contribution in [0.2, 0.25) is 0 Å². The molecule has 1 aliphatic rings. The summed E-state index contributed by atoms with van der Waals surface area (Å²) in [7, 11) is 0. The predicted molar refractivity (Wildman–Crippen MR) is 53.7 cm³/mol. The molecule has 1 aromatic carbocycles. The van der Waals surface area contributed by atoms with E-state index >= 15 is 0 Å². The Bertz CT molecular complexity index is 335. The van der Waals surface area contributed by atoms with E-state index in [1.807, 2.05) is 30.4 Å². The molecule has 1 unspecified atom stereocenters. The molecule has 1 aromatic rings. The summed E-state index contributed by atoms with van der Waals surface area (Å²) in [6, 6.07) is 10.2. The number of aliphatic hydroxyl groups excluding tert-OH is 1. The fourth-order valence-corrected chi connectivity index (χ4v) is 1.60. The van der Waals surface area contributed by atoms with Gasteiger partial charge < -0.3 is 5.11 Å². The van der Waals surface area contributed by atoms with E-state index in [1.54, 1.807) is 6.08 Å². The topological polar surface area (TPSA) is 20.2 Å². The van der Waals surface area contributed by atoms with Crippen molar-refractivity contribution in [3.63, 3.8) is 0 Å². The molecule has 1 atom stereocenters. The number of hydrogen-bond donors (Lipinski definition) is 1. The quantitative estimate of drug-likeness (QED) is 0.689. The van der Waals surface area contributed by atoms with Gasteiger partial charge >= 0.3 is 0 Å². The van der Waals surface area contributed by atoms with Crippen LogP contribution in [-0.2, 0) is 0 Å². The molecule has 0 aromatic heterocycles. The molecule has 0 radical (unpaired) electrons. The van der Waals surface area contributed by atoms with E-state index in [0.29, 0.717) is 11.7 Å². The van der Waals surface area contributed by atoms with E-state index in [2.05, 4.69) is 12.1 Å². The highest BCUT2D eigenvalue weighted by Crippen LogP contribution is 2.25. The minimum absolute atomic E-state index is 0.339. The predicted octanol–water partition coefficient (Wildman–Crippen LogP) is 3.17. The Morgan fingerprint density at radius 2 is 1.92 bits per heavy atom. The lowest BCUT2D eigenvalue weighted by Gasteiger charge is -2.14. The summed E-state index contributed by atoms with van der Waals surface area (Å²) in [6.07, 6.45) is 6.63. The molecule has 1 N–H and O–H groups in total. The Kier molecular flexibility index (Phi) is 2.17. The van der Waals surface area contributed by atoms with Gasteiger partial charge in [-0.1, -0.05) is 36.4 Å². The second-order valence-electron chi connectivity index (χ2n) is 3.25. The van der Waals surface area contributed by atoms with Crippen LogP contribution in [-0.4, -0.2) is 5.11 Å². The molecule has 1 aliphatic carbocycles. The van der Waals surface area contributed by atoms with Crippen molar-refractivity contribution in [2.75, 3.05) is 0 Å². The third-order valence-corrected chi connectivity index (χ3v) is 2.28. The average Bonchev–Trinajstić information content (AvgIpc) is 2.19. The Hall–Kier alpha value is -1.50. The first-order valence-corrected chi connectivity index (χ1v) is 4.48. The van der Waals surface area contributed by atoms with Crippen LogP contribution in [0.15, 0.2) is 54.3 Å². The van der Waals surface area contributed by atoms with Gasteiger partial charge in [0.2, 0.25) is 0 Å². The van der Waals surface area contributed by atoms with Gasteiger partial charge in [-0.2, -0.15) is 0 Å². The summed E-state index contributed by atoms with van der Waals surface area (Å²) in [5, 5.41) is 9.32. The van der Waals surface area contributed by atoms with E-state index < -0.39 is 0 Å². The SMILES string of the molecule is OC1=CC(c2ccccc2)CC=C1. The van der Waals surface area contributed by atoms with E-state index in [1.165, 1.54) is 5.56 Å². The third-order valence-electron chi connectivity index (χ3n) is 2.28. The van der Waals surface area contributed by atoms with Crippen molar-refractivity contribution in [3.8, 4) is 0 Å². The van der Waals surface area contributed by atoms with Crippen molar-refractivity contribution in [2.45, 2.75) is 12.3 Å². The van der Waals surface area contributed by atoms with Crippen LogP contribution in [0.4, 0.5) is 0 Å². The van der Waals surface area contributed by atoms with Gasteiger partial charge in [-0.15, -0.1) is 0 Å². The molecule has 2 rings (SSSR count). The Morgan fingerprint density at radius 1 is 1.15 bits per heavy atom. The van der Waals surface area contributed by atoms with E-state index in [9.17, 15) is 5.11 Å². The van der Waals surface area contributed by atoms with Crippen LogP contribution in [0.25, 0.3) is 0 Å². The van der Waals surface area contributed by atoms with Gasteiger partial charge in [-0.25, -0.2) is 0 Å². The summed E-state index contributed by atoms with van der Waals surface area (Å²) < 4.78 is 0. The number of allylic oxidation sites excluding steroid dienone is 3. The van der Waals surface area contributed by atoms with Crippen molar-refractivity contribution in [1.82, 2.24) is 0 Å². The minimum Gasteiger partial charge on any atom is -0.508 e. The number of hydrogen-bond acceptors (Lipinski definition) is 1. The van der Waals surface area contributed by atoms with Crippen LogP contribution in [0.5, 0.6) is 0 Å². The highest BCUT2D eigenvalue weighted by atomic mass is 16.3. The molecule has 66 valence electrons. The summed E-state index contributed by atoms with van der Waals surface area (Å²) in [6.45, 7) is 0. The number of rotatable bonds is 1. The lowest BCUT2D eigenvalue weighted by atomic mass is 9.92. The highest BCUT2D eigenvalue weighted by molar-refractivity contribution is 5.30. The Balaban J connectivity index is 2.24. The molecule has 0 amide bonds. The molecule has 0 bridgehead atoms. The van der Waals surface area contributed by atoms with Crippen molar-refractivity contribution < 1.29 is 5.11 Å². The van der Waals surface area contributed by atoms with Gasteiger partial charge in [-0.05, 0) is 24.1 Å². The standard InChI is InChI=1S/C12H12O/c13-12-8-4-7-11(9-12)10-5-2-1-3-6-10/h1-6,8-9,11,13H,7H2. The third kappa shape index (κ3) is 1.81. The van der Waals surface area contributed by atoms with Crippen molar-refractivity contribution in [2.24, 2.45) is 0 Å². The molecule has 0 saturated carbocycles. The fraction of sp³-hybridized carbons (Fsp3) is 0.167. The molecule has 0 fully saturated rings. The number of benzene rings is 1. The number of aliphatic hydroxyl groups is 1. The molecule has 1 nitrogen and oxygen atoms in total. The molecule has 1 heteroatoms. The van der Waals surface area contributed by atoms with Crippen LogP contribution >= 0.6 is 0 Å². The maximum atomic E-state index is 9.32. The van der Waals surface area contributed by atoms with Crippen molar-refractivity contribution in [1.29, 1.82) is 0 Å². The second kappa shape index (κ2) is 3.48. The maximum Gasteiger partial charge on any atom is 0.111 e. The molecular weight excluding hydrogens is 160 g/mol. The lowest BCUT2D eigenvalue weighted by molar-refractivity contribution is 0.424. The monoisotopic (exact) mass is 172 g/mol. The van der Waals surface area contributed by atoms with Gasteiger partial charge in [0.05, 0.1) is 0 Å².